The van der Waals surface area contributed by atoms with Gasteiger partial charge < -0.3 is 15.4 Å². The van der Waals surface area contributed by atoms with E-state index in [1.807, 2.05) is 36.1 Å². The maximum absolute atomic E-state index is 12.3. The first kappa shape index (κ1) is 14.6. The van der Waals surface area contributed by atoms with Crippen LogP contribution in [0.3, 0.4) is 0 Å². The molecule has 1 fully saturated rings. The summed E-state index contributed by atoms with van der Waals surface area (Å²) in [6.45, 7) is 3.37. The van der Waals surface area contributed by atoms with E-state index in [1.54, 1.807) is 13.2 Å². The summed E-state index contributed by atoms with van der Waals surface area (Å²) in [5.41, 5.74) is 7.77. The minimum atomic E-state index is 0.0311. The van der Waals surface area contributed by atoms with Gasteiger partial charge in [-0.3, -0.25) is 4.79 Å². The molecule has 1 atom stereocenters. The Hall–Kier alpha value is -1.81. The van der Waals surface area contributed by atoms with Crippen LogP contribution >= 0.6 is 0 Å². The van der Waals surface area contributed by atoms with Crippen molar-refractivity contribution in [2.75, 3.05) is 20.2 Å². The zero-order chi connectivity index (χ0) is 14.5. The number of hydrogen-bond donors (Lipinski definition) is 1. The normalized spacial score (nSPS) is 19.9. The molecule has 1 saturated heterocycles. The van der Waals surface area contributed by atoms with Crippen LogP contribution in [-0.4, -0.2) is 37.0 Å². The van der Waals surface area contributed by atoms with Crippen molar-refractivity contribution in [1.29, 1.82) is 0 Å². The summed E-state index contributed by atoms with van der Waals surface area (Å²) in [7, 11) is 1.64. The number of allylic oxidation sites excluding steroid dienone is 1. The molecule has 2 rings (SSSR count). The summed E-state index contributed by atoms with van der Waals surface area (Å²) in [6, 6.07) is 7.82. The number of likely N-dealkylation sites (tertiary alicyclic amines) is 1. The SMILES string of the molecule is COc1ccccc1/C(C)=C/C(=O)N1CCCC(N)C1. The zero-order valence-electron chi connectivity index (χ0n) is 12.1. The zero-order valence-corrected chi connectivity index (χ0v) is 12.1. The lowest BCUT2D eigenvalue weighted by molar-refractivity contribution is -0.127. The van der Waals surface area contributed by atoms with Gasteiger partial charge in [0.05, 0.1) is 7.11 Å². The van der Waals surface area contributed by atoms with Crippen molar-refractivity contribution in [2.45, 2.75) is 25.8 Å². The smallest absolute Gasteiger partial charge is 0.246 e. The van der Waals surface area contributed by atoms with Crippen LogP contribution in [0.1, 0.15) is 25.3 Å². The minimum absolute atomic E-state index is 0.0311. The molecule has 1 amide bonds. The molecule has 108 valence electrons. The van der Waals surface area contributed by atoms with Crippen molar-refractivity contribution in [3.8, 4) is 5.75 Å². The highest BCUT2D eigenvalue weighted by molar-refractivity contribution is 5.95. The number of hydrogen-bond acceptors (Lipinski definition) is 3. The highest BCUT2D eigenvalue weighted by Crippen LogP contribution is 2.25. The molecule has 1 unspecified atom stereocenters. The molecule has 0 saturated carbocycles. The molecular weight excluding hydrogens is 252 g/mol. The van der Waals surface area contributed by atoms with Gasteiger partial charge in [-0.05, 0) is 31.4 Å². The van der Waals surface area contributed by atoms with E-state index >= 15 is 0 Å². The molecule has 1 aromatic rings. The van der Waals surface area contributed by atoms with Gasteiger partial charge in [-0.2, -0.15) is 0 Å². The van der Waals surface area contributed by atoms with E-state index in [-0.39, 0.29) is 11.9 Å². The molecule has 1 aliphatic rings. The van der Waals surface area contributed by atoms with E-state index in [0.717, 1.165) is 36.3 Å². The van der Waals surface area contributed by atoms with Crippen LogP contribution in [0.25, 0.3) is 5.57 Å². The van der Waals surface area contributed by atoms with Crippen LogP contribution in [-0.2, 0) is 4.79 Å². The highest BCUT2D eigenvalue weighted by Gasteiger charge is 2.20. The Morgan fingerprint density at radius 2 is 2.20 bits per heavy atom. The van der Waals surface area contributed by atoms with Crippen molar-refractivity contribution in [3.63, 3.8) is 0 Å². The molecule has 4 nitrogen and oxygen atoms in total. The molecule has 0 aliphatic carbocycles. The van der Waals surface area contributed by atoms with Crippen LogP contribution < -0.4 is 10.5 Å². The monoisotopic (exact) mass is 274 g/mol. The van der Waals surface area contributed by atoms with Crippen molar-refractivity contribution >= 4 is 11.5 Å². The maximum Gasteiger partial charge on any atom is 0.246 e. The average molecular weight is 274 g/mol. The van der Waals surface area contributed by atoms with E-state index < -0.39 is 0 Å². The standard InChI is InChI=1S/C16H22N2O2/c1-12(14-7-3-4-8-15(14)20-2)10-16(19)18-9-5-6-13(17)11-18/h3-4,7-8,10,13H,5-6,9,11,17H2,1-2H3/b12-10+. The molecule has 1 aromatic carbocycles. The molecule has 4 heteroatoms. The third-order valence-electron chi connectivity index (χ3n) is 3.64. The summed E-state index contributed by atoms with van der Waals surface area (Å²) in [5.74, 6) is 0.813. The van der Waals surface area contributed by atoms with Gasteiger partial charge in [0, 0.05) is 30.8 Å². The number of carbonyl (C=O) groups excluding carboxylic acids is 1. The molecule has 0 bridgehead atoms. The summed E-state index contributed by atoms with van der Waals surface area (Å²) in [5, 5.41) is 0. The molecule has 0 radical (unpaired) electrons. The van der Waals surface area contributed by atoms with Crippen molar-refractivity contribution < 1.29 is 9.53 Å². The molecular formula is C16H22N2O2. The molecule has 20 heavy (non-hydrogen) atoms. The van der Waals surface area contributed by atoms with Gasteiger partial charge in [0.25, 0.3) is 0 Å². The number of nitrogens with two attached hydrogens (primary N) is 1. The maximum atomic E-state index is 12.3. The topological polar surface area (TPSA) is 55.6 Å². The number of amides is 1. The minimum Gasteiger partial charge on any atom is -0.496 e. The first-order chi connectivity index (χ1) is 9.61. The van der Waals surface area contributed by atoms with Crippen LogP contribution in [0.4, 0.5) is 0 Å². The second-order valence-corrected chi connectivity index (χ2v) is 5.21. The Balaban J connectivity index is 2.15. The van der Waals surface area contributed by atoms with Crippen LogP contribution in [0.5, 0.6) is 5.75 Å². The third-order valence-corrected chi connectivity index (χ3v) is 3.64. The number of carbonyl (C=O) groups is 1. The lowest BCUT2D eigenvalue weighted by Crippen LogP contribution is -2.45. The van der Waals surface area contributed by atoms with Gasteiger partial charge in [-0.15, -0.1) is 0 Å². The van der Waals surface area contributed by atoms with Gasteiger partial charge in [-0.1, -0.05) is 18.2 Å². The molecule has 1 aliphatic heterocycles. The first-order valence-corrected chi connectivity index (χ1v) is 6.98. The molecule has 2 N–H and O–H groups in total. The van der Waals surface area contributed by atoms with E-state index in [9.17, 15) is 4.79 Å². The molecule has 0 spiro atoms. The number of benzene rings is 1. The van der Waals surface area contributed by atoms with Crippen molar-refractivity contribution in [1.82, 2.24) is 4.90 Å². The van der Waals surface area contributed by atoms with Gasteiger partial charge in [0.2, 0.25) is 5.91 Å². The fraction of sp³-hybridized carbons (Fsp3) is 0.438. The van der Waals surface area contributed by atoms with E-state index in [4.69, 9.17) is 10.5 Å². The fourth-order valence-electron chi connectivity index (χ4n) is 2.53. The summed E-state index contributed by atoms with van der Waals surface area (Å²) in [6.07, 6.45) is 3.66. The number of piperidine rings is 1. The average Bonchev–Trinajstić information content (AvgIpc) is 2.47. The molecule has 1 heterocycles. The van der Waals surface area contributed by atoms with E-state index in [1.165, 1.54) is 0 Å². The number of nitrogens with zero attached hydrogens (tertiary/aromatic N) is 1. The highest BCUT2D eigenvalue weighted by atomic mass is 16.5. The summed E-state index contributed by atoms with van der Waals surface area (Å²) < 4.78 is 5.32. The summed E-state index contributed by atoms with van der Waals surface area (Å²) in [4.78, 5) is 14.1. The number of para-hydroxylation sites is 1. The van der Waals surface area contributed by atoms with E-state index in [2.05, 4.69) is 0 Å². The lowest BCUT2D eigenvalue weighted by atomic mass is 10.0. The van der Waals surface area contributed by atoms with Crippen LogP contribution in [0, 0.1) is 0 Å². The molecule has 0 aromatic heterocycles. The Bertz CT molecular complexity index is 511. The largest absolute Gasteiger partial charge is 0.496 e. The predicted molar refractivity (Wildman–Crippen MR) is 80.4 cm³/mol. The summed E-state index contributed by atoms with van der Waals surface area (Å²) >= 11 is 0. The van der Waals surface area contributed by atoms with Crippen molar-refractivity contribution in [3.05, 3.63) is 35.9 Å². The van der Waals surface area contributed by atoms with Crippen LogP contribution in [0.15, 0.2) is 30.3 Å². The van der Waals surface area contributed by atoms with Gasteiger partial charge >= 0.3 is 0 Å². The number of ether oxygens (including phenoxy) is 1. The Morgan fingerprint density at radius 1 is 1.45 bits per heavy atom. The van der Waals surface area contributed by atoms with Gasteiger partial charge in [0.15, 0.2) is 0 Å². The number of rotatable bonds is 3. The van der Waals surface area contributed by atoms with Gasteiger partial charge in [-0.25, -0.2) is 0 Å². The Morgan fingerprint density at radius 3 is 2.90 bits per heavy atom. The van der Waals surface area contributed by atoms with Crippen LogP contribution in [0.2, 0.25) is 0 Å². The van der Waals surface area contributed by atoms with Gasteiger partial charge in [0.1, 0.15) is 5.75 Å². The fourth-order valence-corrected chi connectivity index (χ4v) is 2.53. The first-order valence-electron chi connectivity index (χ1n) is 6.98. The lowest BCUT2D eigenvalue weighted by Gasteiger charge is -2.30. The van der Waals surface area contributed by atoms with Crippen molar-refractivity contribution in [2.24, 2.45) is 5.73 Å². The second-order valence-electron chi connectivity index (χ2n) is 5.21. The number of methoxy groups -OCH3 is 1. The quantitative estimate of drug-likeness (QED) is 0.858. The Kier molecular flexibility index (Phi) is 4.79. The van der Waals surface area contributed by atoms with E-state index in [0.29, 0.717) is 6.54 Å². The second kappa shape index (κ2) is 6.57. The predicted octanol–water partition coefficient (Wildman–Crippen LogP) is 2.05. The third kappa shape index (κ3) is 3.39. The Labute approximate surface area is 120 Å².